The van der Waals surface area contributed by atoms with Crippen LogP contribution in [0.5, 0.6) is 0 Å². The van der Waals surface area contributed by atoms with E-state index in [1.807, 2.05) is 13.8 Å². The van der Waals surface area contributed by atoms with Crippen LogP contribution < -0.4 is 5.32 Å². The molecule has 7 nitrogen and oxygen atoms in total. The van der Waals surface area contributed by atoms with Gasteiger partial charge in [-0.05, 0) is 20.8 Å². The van der Waals surface area contributed by atoms with Crippen LogP contribution in [-0.4, -0.2) is 22.5 Å². The number of aryl methyl sites for hydroxylation is 2. The van der Waals surface area contributed by atoms with Crippen LogP contribution in [0.2, 0.25) is 0 Å². The van der Waals surface area contributed by atoms with E-state index < -0.39 is 5.97 Å². The SMILES string of the molecule is CCOC(=O)c1coc(NCc2nc(C)c(C)o2)n1. The lowest BCUT2D eigenvalue weighted by molar-refractivity contribution is 0.0519. The molecule has 0 aliphatic carbocycles. The molecule has 19 heavy (non-hydrogen) atoms. The van der Waals surface area contributed by atoms with E-state index in [0.29, 0.717) is 19.0 Å². The van der Waals surface area contributed by atoms with E-state index in [1.54, 1.807) is 6.92 Å². The Labute approximate surface area is 110 Å². The molecule has 2 aromatic rings. The van der Waals surface area contributed by atoms with E-state index in [1.165, 1.54) is 6.26 Å². The van der Waals surface area contributed by atoms with Gasteiger partial charge in [0.25, 0.3) is 6.01 Å². The summed E-state index contributed by atoms with van der Waals surface area (Å²) < 4.78 is 15.3. The predicted molar refractivity (Wildman–Crippen MR) is 65.8 cm³/mol. The van der Waals surface area contributed by atoms with Gasteiger partial charge in [-0.3, -0.25) is 0 Å². The van der Waals surface area contributed by atoms with Gasteiger partial charge in [0.05, 0.1) is 18.8 Å². The number of anilines is 1. The zero-order valence-corrected chi connectivity index (χ0v) is 11.0. The van der Waals surface area contributed by atoms with E-state index in [0.717, 1.165) is 11.5 Å². The predicted octanol–water partition coefficient (Wildman–Crippen LogP) is 2.07. The van der Waals surface area contributed by atoms with Crippen LogP contribution in [-0.2, 0) is 11.3 Å². The molecule has 0 spiro atoms. The highest BCUT2D eigenvalue weighted by Gasteiger charge is 2.13. The zero-order valence-electron chi connectivity index (χ0n) is 11.0. The van der Waals surface area contributed by atoms with Crippen molar-refractivity contribution in [2.24, 2.45) is 0 Å². The second kappa shape index (κ2) is 5.55. The van der Waals surface area contributed by atoms with Crippen LogP contribution in [0.25, 0.3) is 0 Å². The van der Waals surface area contributed by atoms with Crippen LogP contribution in [0, 0.1) is 13.8 Å². The van der Waals surface area contributed by atoms with Crippen molar-refractivity contribution in [3.8, 4) is 0 Å². The van der Waals surface area contributed by atoms with Crippen molar-refractivity contribution in [2.45, 2.75) is 27.3 Å². The molecule has 0 bridgehead atoms. The first-order valence-electron chi connectivity index (χ1n) is 5.89. The largest absolute Gasteiger partial charge is 0.461 e. The van der Waals surface area contributed by atoms with Crippen molar-refractivity contribution in [1.29, 1.82) is 0 Å². The molecule has 102 valence electrons. The average Bonchev–Trinajstić information content (AvgIpc) is 2.95. The number of carbonyl (C=O) groups excluding carboxylic acids is 1. The summed E-state index contributed by atoms with van der Waals surface area (Å²) in [5.74, 6) is 0.796. The number of ether oxygens (including phenoxy) is 1. The van der Waals surface area contributed by atoms with Gasteiger partial charge in [-0.1, -0.05) is 0 Å². The maximum atomic E-state index is 11.4. The Morgan fingerprint density at radius 2 is 2.21 bits per heavy atom. The molecule has 0 aliphatic heterocycles. The molecule has 0 aromatic carbocycles. The quantitative estimate of drug-likeness (QED) is 0.827. The summed E-state index contributed by atoms with van der Waals surface area (Å²) in [6.45, 7) is 6.06. The molecule has 0 aliphatic rings. The summed E-state index contributed by atoms with van der Waals surface area (Å²) in [6, 6.07) is 0.219. The number of oxazole rings is 2. The van der Waals surface area contributed by atoms with E-state index in [-0.39, 0.29) is 11.7 Å². The Kier molecular flexibility index (Phi) is 3.84. The Hall–Kier alpha value is -2.31. The minimum atomic E-state index is -0.512. The van der Waals surface area contributed by atoms with Crippen molar-refractivity contribution in [3.63, 3.8) is 0 Å². The van der Waals surface area contributed by atoms with E-state index in [9.17, 15) is 4.79 Å². The number of hydrogen-bond acceptors (Lipinski definition) is 7. The second-order valence-corrected chi connectivity index (χ2v) is 3.86. The molecule has 0 saturated carbocycles. The standard InChI is InChI=1S/C12H15N3O4/c1-4-17-11(16)9-6-18-12(15-9)13-5-10-14-7(2)8(3)19-10/h6H,4-5H2,1-3H3,(H,13,15). The summed E-state index contributed by atoms with van der Waals surface area (Å²) in [5.41, 5.74) is 0.973. The average molecular weight is 265 g/mol. The third-order valence-corrected chi connectivity index (χ3v) is 2.45. The third kappa shape index (κ3) is 3.12. The van der Waals surface area contributed by atoms with Gasteiger partial charge >= 0.3 is 5.97 Å². The van der Waals surface area contributed by atoms with Gasteiger partial charge in [0.1, 0.15) is 12.0 Å². The first-order chi connectivity index (χ1) is 9.10. The Bertz CT molecular complexity index is 554. The van der Waals surface area contributed by atoms with Crippen molar-refractivity contribution in [3.05, 3.63) is 29.3 Å². The van der Waals surface area contributed by atoms with Gasteiger partial charge in [-0.25, -0.2) is 9.78 Å². The van der Waals surface area contributed by atoms with Gasteiger partial charge in [0.15, 0.2) is 5.69 Å². The van der Waals surface area contributed by atoms with Crippen LogP contribution in [0.4, 0.5) is 6.01 Å². The maximum Gasteiger partial charge on any atom is 0.360 e. The number of esters is 1. The molecule has 0 fully saturated rings. The van der Waals surface area contributed by atoms with Gasteiger partial charge < -0.3 is 18.9 Å². The molecule has 0 saturated heterocycles. The zero-order chi connectivity index (χ0) is 13.8. The molecular weight excluding hydrogens is 250 g/mol. The van der Waals surface area contributed by atoms with Crippen molar-refractivity contribution in [1.82, 2.24) is 9.97 Å². The van der Waals surface area contributed by atoms with E-state index in [4.69, 9.17) is 13.6 Å². The van der Waals surface area contributed by atoms with Crippen LogP contribution in [0.1, 0.15) is 34.8 Å². The lowest BCUT2D eigenvalue weighted by Crippen LogP contribution is -2.05. The maximum absolute atomic E-state index is 11.4. The number of hydrogen-bond donors (Lipinski definition) is 1. The van der Waals surface area contributed by atoms with Crippen LogP contribution in [0.3, 0.4) is 0 Å². The second-order valence-electron chi connectivity index (χ2n) is 3.86. The first-order valence-corrected chi connectivity index (χ1v) is 5.89. The minimum absolute atomic E-state index is 0.129. The summed E-state index contributed by atoms with van der Waals surface area (Å²) in [6.07, 6.45) is 1.24. The highest BCUT2D eigenvalue weighted by atomic mass is 16.5. The van der Waals surface area contributed by atoms with Crippen molar-refractivity contribution in [2.75, 3.05) is 11.9 Å². The Morgan fingerprint density at radius 1 is 1.42 bits per heavy atom. The number of nitrogens with zero attached hydrogens (tertiary/aromatic N) is 2. The highest BCUT2D eigenvalue weighted by molar-refractivity contribution is 5.87. The molecule has 2 aromatic heterocycles. The summed E-state index contributed by atoms with van der Waals surface area (Å²) in [4.78, 5) is 19.5. The van der Waals surface area contributed by atoms with Gasteiger partial charge in [0.2, 0.25) is 5.89 Å². The fourth-order valence-electron chi connectivity index (χ4n) is 1.42. The van der Waals surface area contributed by atoms with E-state index >= 15 is 0 Å². The van der Waals surface area contributed by atoms with Gasteiger partial charge in [-0.15, -0.1) is 0 Å². The van der Waals surface area contributed by atoms with E-state index in [2.05, 4.69) is 15.3 Å². The molecular formula is C12H15N3O4. The lowest BCUT2D eigenvalue weighted by atomic mass is 10.4. The topological polar surface area (TPSA) is 90.4 Å². The van der Waals surface area contributed by atoms with Crippen molar-refractivity contribution >= 4 is 12.0 Å². The van der Waals surface area contributed by atoms with Crippen LogP contribution in [0.15, 0.2) is 15.1 Å². The van der Waals surface area contributed by atoms with Gasteiger partial charge in [-0.2, -0.15) is 4.98 Å². The van der Waals surface area contributed by atoms with Gasteiger partial charge in [0, 0.05) is 0 Å². The molecule has 0 radical (unpaired) electrons. The van der Waals surface area contributed by atoms with Crippen molar-refractivity contribution < 1.29 is 18.4 Å². The molecule has 2 rings (SSSR count). The normalized spacial score (nSPS) is 10.5. The fourth-order valence-corrected chi connectivity index (χ4v) is 1.42. The lowest BCUT2D eigenvalue weighted by Gasteiger charge is -1.97. The Morgan fingerprint density at radius 3 is 2.84 bits per heavy atom. The molecule has 2 heterocycles. The summed E-state index contributed by atoms with van der Waals surface area (Å²) >= 11 is 0. The number of rotatable bonds is 5. The fraction of sp³-hybridized carbons (Fsp3) is 0.417. The number of aromatic nitrogens is 2. The summed E-state index contributed by atoms with van der Waals surface area (Å²) in [7, 11) is 0. The molecule has 0 unspecified atom stereocenters. The summed E-state index contributed by atoms with van der Waals surface area (Å²) in [5, 5.41) is 2.88. The monoisotopic (exact) mass is 265 g/mol. The molecule has 0 atom stereocenters. The van der Waals surface area contributed by atoms with Crippen LogP contribution >= 0.6 is 0 Å². The molecule has 0 amide bonds. The molecule has 7 heteroatoms. The number of carbonyl (C=O) groups is 1. The Balaban J connectivity index is 1.95. The molecule has 1 N–H and O–H groups in total. The highest BCUT2D eigenvalue weighted by Crippen LogP contribution is 2.12. The third-order valence-electron chi connectivity index (χ3n) is 2.45. The number of nitrogens with one attached hydrogen (secondary N) is 1. The minimum Gasteiger partial charge on any atom is -0.461 e. The smallest absolute Gasteiger partial charge is 0.360 e. The first kappa shape index (κ1) is 13.1.